The zero-order valence-corrected chi connectivity index (χ0v) is 12.8. The second-order valence-electron chi connectivity index (χ2n) is 4.68. The van der Waals surface area contributed by atoms with E-state index in [-0.39, 0.29) is 5.91 Å². The number of nitrogens with one attached hydrogen (secondary N) is 2. The number of ether oxygens (including phenoxy) is 1. The Bertz CT molecular complexity index is 430. The lowest BCUT2D eigenvalue weighted by molar-refractivity contribution is 0.0960. The van der Waals surface area contributed by atoms with Crippen molar-refractivity contribution >= 4 is 27.9 Å². The number of nitrogens with two attached hydrogens (primary N) is 1. The van der Waals surface area contributed by atoms with Gasteiger partial charge in [-0.1, -0.05) is 13.8 Å². The standard InChI is InChI=1S/C13H23N3O2S/c1-5-15-12(17)11-9(14)10(18-4)13(19-11)16-7-6-8(2)3/h8,16H,5-7,14H2,1-4H3,(H,15,17). The van der Waals surface area contributed by atoms with E-state index >= 15 is 0 Å². The summed E-state index contributed by atoms with van der Waals surface area (Å²) in [6.07, 6.45) is 1.05. The van der Waals surface area contributed by atoms with Crippen molar-refractivity contribution in [1.82, 2.24) is 5.32 Å². The van der Waals surface area contributed by atoms with Gasteiger partial charge in [-0.25, -0.2) is 0 Å². The molecule has 0 aliphatic heterocycles. The molecule has 0 fully saturated rings. The Morgan fingerprint density at radius 3 is 2.68 bits per heavy atom. The van der Waals surface area contributed by atoms with E-state index in [0.717, 1.165) is 18.0 Å². The number of nitrogen functional groups attached to an aromatic ring is 1. The third kappa shape index (κ3) is 4.02. The van der Waals surface area contributed by atoms with Crippen LogP contribution in [0.25, 0.3) is 0 Å². The summed E-state index contributed by atoms with van der Waals surface area (Å²) < 4.78 is 5.29. The van der Waals surface area contributed by atoms with Crippen molar-refractivity contribution in [3.63, 3.8) is 0 Å². The summed E-state index contributed by atoms with van der Waals surface area (Å²) in [6.45, 7) is 7.63. The van der Waals surface area contributed by atoms with Crippen LogP contribution >= 0.6 is 11.3 Å². The van der Waals surface area contributed by atoms with Gasteiger partial charge < -0.3 is 21.1 Å². The molecule has 0 atom stereocenters. The van der Waals surface area contributed by atoms with Crippen LogP contribution in [0.4, 0.5) is 10.7 Å². The smallest absolute Gasteiger partial charge is 0.263 e. The van der Waals surface area contributed by atoms with Crippen molar-refractivity contribution in [3.8, 4) is 5.75 Å². The maximum absolute atomic E-state index is 11.9. The summed E-state index contributed by atoms with van der Waals surface area (Å²) in [4.78, 5) is 12.4. The molecule has 0 saturated carbocycles. The molecule has 0 bridgehead atoms. The summed E-state index contributed by atoms with van der Waals surface area (Å²) in [5.74, 6) is 1.04. The van der Waals surface area contributed by atoms with E-state index in [9.17, 15) is 4.79 Å². The van der Waals surface area contributed by atoms with Crippen molar-refractivity contribution in [3.05, 3.63) is 4.88 Å². The van der Waals surface area contributed by atoms with Crippen LogP contribution < -0.4 is 21.1 Å². The van der Waals surface area contributed by atoms with Crippen LogP contribution in [0.2, 0.25) is 0 Å². The lowest BCUT2D eigenvalue weighted by atomic mass is 10.1. The van der Waals surface area contributed by atoms with E-state index in [1.165, 1.54) is 11.3 Å². The molecular weight excluding hydrogens is 262 g/mol. The van der Waals surface area contributed by atoms with Gasteiger partial charge in [0.25, 0.3) is 5.91 Å². The van der Waals surface area contributed by atoms with E-state index < -0.39 is 0 Å². The molecule has 0 aliphatic carbocycles. The molecule has 0 aliphatic rings. The summed E-state index contributed by atoms with van der Waals surface area (Å²) >= 11 is 1.34. The monoisotopic (exact) mass is 285 g/mol. The normalized spacial score (nSPS) is 10.6. The van der Waals surface area contributed by atoms with Gasteiger partial charge in [0, 0.05) is 13.1 Å². The quantitative estimate of drug-likeness (QED) is 0.719. The fraction of sp³-hybridized carbons (Fsp3) is 0.615. The number of amides is 1. The van der Waals surface area contributed by atoms with Gasteiger partial charge >= 0.3 is 0 Å². The Hall–Kier alpha value is -1.43. The highest BCUT2D eigenvalue weighted by Gasteiger charge is 2.21. The molecule has 0 spiro atoms. The minimum Gasteiger partial charge on any atom is -0.492 e. The SMILES string of the molecule is CCNC(=O)c1sc(NCCC(C)C)c(OC)c1N. The molecular formula is C13H23N3O2S. The molecule has 1 aromatic heterocycles. The maximum Gasteiger partial charge on any atom is 0.263 e. The Balaban J connectivity index is 2.86. The maximum atomic E-state index is 11.9. The molecule has 0 aromatic carbocycles. The van der Waals surface area contributed by atoms with Crippen LogP contribution in [0, 0.1) is 5.92 Å². The number of carbonyl (C=O) groups excluding carboxylic acids is 1. The largest absolute Gasteiger partial charge is 0.492 e. The molecule has 0 radical (unpaired) electrons. The van der Waals surface area contributed by atoms with E-state index in [2.05, 4.69) is 24.5 Å². The van der Waals surface area contributed by atoms with Crippen LogP contribution in [0.1, 0.15) is 36.9 Å². The predicted molar refractivity (Wildman–Crippen MR) is 81.2 cm³/mol. The van der Waals surface area contributed by atoms with Crippen molar-refractivity contribution < 1.29 is 9.53 Å². The average Bonchev–Trinajstić information content (AvgIpc) is 2.65. The lowest BCUT2D eigenvalue weighted by Crippen LogP contribution is -2.22. The molecule has 19 heavy (non-hydrogen) atoms. The van der Waals surface area contributed by atoms with Gasteiger partial charge in [-0.15, -0.1) is 11.3 Å². The van der Waals surface area contributed by atoms with E-state index in [1.54, 1.807) is 7.11 Å². The van der Waals surface area contributed by atoms with Gasteiger partial charge in [-0.3, -0.25) is 4.79 Å². The Morgan fingerprint density at radius 1 is 1.47 bits per heavy atom. The van der Waals surface area contributed by atoms with Gasteiger partial charge in [0.1, 0.15) is 15.6 Å². The highest BCUT2D eigenvalue weighted by Crippen LogP contribution is 2.42. The molecule has 108 valence electrons. The average molecular weight is 285 g/mol. The second-order valence-corrected chi connectivity index (χ2v) is 5.70. The molecule has 5 nitrogen and oxygen atoms in total. The number of carbonyl (C=O) groups is 1. The number of hydrogen-bond acceptors (Lipinski definition) is 5. The fourth-order valence-corrected chi connectivity index (χ4v) is 2.66. The van der Waals surface area contributed by atoms with Crippen LogP contribution in [0.3, 0.4) is 0 Å². The van der Waals surface area contributed by atoms with Gasteiger partial charge in [-0.05, 0) is 19.3 Å². The molecule has 4 N–H and O–H groups in total. The minimum absolute atomic E-state index is 0.153. The van der Waals surface area contributed by atoms with E-state index in [1.807, 2.05) is 6.92 Å². The number of hydrogen-bond donors (Lipinski definition) is 3. The number of methoxy groups -OCH3 is 1. The molecule has 1 amide bonds. The predicted octanol–water partition coefficient (Wildman–Crippen LogP) is 2.55. The summed E-state index contributed by atoms with van der Waals surface area (Å²) in [5, 5.41) is 6.86. The first-order valence-corrected chi connectivity index (χ1v) is 7.31. The number of rotatable bonds is 7. The van der Waals surface area contributed by atoms with Crippen molar-refractivity contribution in [2.24, 2.45) is 5.92 Å². The first-order valence-electron chi connectivity index (χ1n) is 6.49. The molecule has 1 heterocycles. The highest BCUT2D eigenvalue weighted by atomic mass is 32.1. The van der Waals surface area contributed by atoms with E-state index in [0.29, 0.717) is 28.8 Å². The molecule has 1 aromatic rings. The summed E-state index contributed by atoms with van der Waals surface area (Å²) in [7, 11) is 1.56. The highest BCUT2D eigenvalue weighted by molar-refractivity contribution is 7.19. The second kappa shape index (κ2) is 7.23. The van der Waals surface area contributed by atoms with Crippen molar-refractivity contribution in [1.29, 1.82) is 0 Å². The summed E-state index contributed by atoms with van der Waals surface area (Å²) in [6, 6.07) is 0. The number of thiophene rings is 1. The van der Waals surface area contributed by atoms with Gasteiger partial charge in [0.05, 0.1) is 7.11 Å². The summed E-state index contributed by atoms with van der Waals surface area (Å²) in [5.41, 5.74) is 6.37. The Labute approximate surface area is 118 Å². The molecule has 6 heteroatoms. The molecule has 0 saturated heterocycles. The third-order valence-electron chi connectivity index (χ3n) is 2.65. The Morgan fingerprint density at radius 2 is 2.16 bits per heavy atom. The van der Waals surface area contributed by atoms with Gasteiger partial charge in [0.2, 0.25) is 0 Å². The van der Waals surface area contributed by atoms with Crippen LogP contribution in [0.15, 0.2) is 0 Å². The first kappa shape index (κ1) is 15.6. The van der Waals surface area contributed by atoms with Crippen molar-refractivity contribution in [2.45, 2.75) is 27.2 Å². The molecule has 0 unspecified atom stereocenters. The van der Waals surface area contributed by atoms with Crippen LogP contribution in [-0.2, 0) is 0 Å². The van der Waals surface area contributed by atoms with Crippen molar-refractivity contribution in [2.75, 3.05) is 31.2 Å². The number of anilines is 2. The first-order chi connectivity index (χ1) is 9.01. The lowest BCUT2D eigenvalue weighted by Gasteiger charge is -2.08. The van der Waals surface area contributed by atoms with Gasteiger partial charge in [-0.2, -0.15) is 0 Å². The van der Waals surface area contributed by atoms with Crippen LogP contribution in [-0.4, -0.2) is 26.1 Å². The zero-order valence-electron chi connectivity index (χ0n) is 12.0. The zero-order chi connectivity index (χ0) is 14.4. The minimum atomic E-state index is -0.153. The van der Waals surface area contributed by atoms with E-state index in [4.69, 9.17) is 10.5 Å². The fourth-order valence-electron chi connectivity index (χ4n) is 1.63. The van der Waals surface area contributed by atoms with Gasteiger partial charge in [0.15, 0.2) is 5.75 Å². The topological polar surface area (TPSA) is 76.4 Å². The van der Waals surface area contributed by atoms with Crippen LogP contribution in [0.5, 0.6) is 5.75 Å². The molecule has 1 rings (SSSR count). The third-order valence-corrected chi connectivity index (χ3v) is 3.80. The Kier molecular flexibility index (Phi) is 5.95.